The Morgan fingerprint density at radius 2 is 1.68 bits per heavy atom. The SMILES string of the molecule is CC(=O)Cc1c(-c2ccccc2)[nH]c2ccccc12. The monoisotopic (exact) mass is 249 g/mol. The first-order valence-corrected chi connectivity index (χ1v) is 6.40. The maximum atomic E-state index is 11.5. The summed E-state index contributed by atoms with van der Waals surface area (Å²) in [5.41, 5.74) is 4.35. The Balaban J connectivity index is 2.26. The Bertz CT molecular complexity index is 725. The van der Waals surface area contributed by atoms with Gasteiger partial charge >= 0.3 is 0 Å². The molecule has 1 N–H and O–H groups in total. The Hall–Kier alpha value is -2.35. The Labute approximate surface area is 112 Å². The van der Waals surface area contributed by atoms with E-state index in [1.807, 2.05) is 36.4 Å². The van der Waals surface area contributed by atoms with Crippen LogP contribution in [0.1, 0.15) is 12.5 Å². The number of aromatic nitrogens is 1. The number of hydrogen-bond acceptors (Lipinski definition) is 1. The van der Waals surface area contributed by atoms with Gasteiger partial charge in [0, 0.05) is 17.3 Å². The molecule has 2 heteroatoms. The predicted octanol–water partition coefficient (Wildman–Crippen LogP) is 3.97. The Kier molecular flexibility index (Phi) is 2.92. The fourth-order valence-electron chi connectivity index (χ4n) is 2.48. The number of carbonyl (C=O) groups is 1. The lowest BCUT2D eigenvalue weighted by Crippen LogP contribution is -1.97. The van der Waals surface area contributed by atoms with Crippen molar-refractivity contribution in [1.82, 2.24) is 4.98 Å². The van der Waals surface area contributed by atoms with Crippen molar-refractivity contribution in [1.29, 1.82) is 0 Å². The topological polar surface area (TPSA) is 32.9 Å². The lowest BCUT2D eigenvalue weighted by Gasteiger charge is -2.03. The molecule has 1 aromatic heterocycles. The minimum Gasteiger partial charge on any atom is -0.354 e. The molecule has 2 aromatic carbocycles. The van der Waals surface area contributed by atoms with Crippen LogP contribution in [0.4, 0.5) is 0 Å². The molecule has 0 bridgehead atoms. The molecule has 0 fully saturated rings. The van der Waals surface area contributed by atoms with E-state index in [1.165, 1.54) is 0 Å². The van der Waals surface area contributed by atoms with Crippen LogP contribution in [-0.4, -0.2) is 10.8 Å². The number of Topliss-reactive ketones (excluding diaryl/α,β-unsaturated/α-hetero) is 1. The maximum absolute atomic E-state index is 11.5. The average Bonchev–Trinajstić information content (AvgIpc) is 2.78. The number of para-hydroxylation sites is 1. The van der Waals surface area contributed by atoms with E-state index in [9.17, 15) is 4.79 Å². The molecule has 0 unspecified atom stereocenters. The fourth-order valence-corrected chi connectivity index (χ4v) is 2.48. The van der Waals surface area contributed by atoms with Gasteiger partial charge in [-0.05, 0) is 24.1 Å². The van der Waals surface area contributed by atoms with Crippen molar-refractivity contribution in [3.63, 3.8) is 0 Å². The van der Waals surface area contributed by atoms with Gasteiger partial charge in [0.05, 0.1) is 5.69 Å². The van der Waals surface area contributed by atoms with Gasteiger partial charge in [-0.2, -0.15) is 0 Å². The van der Waals surface area contributed by atoms with Crippen molar-refractivity contribution in [3.05, 3.63) is 60.2 Å². The average molecular weight is 249 g/mol. The Morgan fingerprint density at radius 3 is 2.42 bits per heavy atom. The molecule has 0 aliphatic heterocycles. The van der Waals surface area contributed by atoms with Crippen LogP contribution in [0, 0.1) is 0 Å². The lowest BCUT2D eigenvalue weighted by atomic mass is 10.0. The van der Waals surface area contributed by atoms with Crippen LogP contribution in [0.15, 0.2) is 54.6 Å². The molecule has 0 aliphatic rings. The van der Waals surface area contributed by atoms with Crippen LogP contribution >= 0.6 is 0 Å². The zero-order chi connectivity index (χ0) is 13.2. The maximum Gasteiger partial charge on any atom is 0.134 e. The van der Waals surface area contributed by atoms with Crippen molar-refractivity contribution < 1.29 is 4.79 Å². The molecule has 0 amide bonds. The summed E-state index contributed by atoms with van der Waals surface area (Å²) in [6, 6.07) is 18.3. The van der Waals surface area contributed by atoms with Gasteiger partial charge in [0.1, 0.15) is 5.78 Å². The molecule has 1 heterocycles. The third-order valence-corrected chi connectivity index (χ3v) is 3.30. The molecule has 0 aliphatic carbocycles. The van der Waals surface area contributed by atoms with Gasteiger partial charge in [-0.15, -0.1) is 0 Å². The van der Waals surface area contributed by atoms with Gasteiger partial charge in [-0.25, -0.2) is 0 Å². The van der Waals surface area contributed by atoms with E-state index in [4.69, 9.17) is 0 Å². The highest BCUT2D eigenvalue weighted by atomic mass is 16.1. The summed E-state index contributed by atoms with van der Waals surface area (Å²) in [5.74, 6) is 0.182. The number of aromatic amines is 1. The van der Waals surface area contributed by atoms with E-state index < -0.39 is 0 Å². The van der Waals surface area contributed by atoms with E-state index in [1.54, 1.807) is 6.92 Å². The molecule has 94 valence electrons. The standard InChI is InChI=1S/C17H15NO/c1-12(19)11-15-14-9-5-6-10-16(14)18-17(15)13-7-3-2-4-8-13/h2-10,18H,11H2,1H3. The van der Waals surface area contributed by atoms with E-state index in [2.05, 4.69) is 23.2 Å². The van der Waals surface area contributed by atoms with Crippen LogP contribution in [0.3, 0.4) is 0 Å². The molecule has 19 heavy (non-hydrogen) atoms. The molecule has 0 spiro atoms. The number of nitrogens with one attached hydrogen (secondary N) is 1. The highest BCUT2D eigenvalue weighted by Gasteiger charge is 2.13. The van der Waals surface area contributed by atoms with E-state index in [0.29, 0.717) is 6.42 Å². The molecular weight excluding hydrogens is 234 g/mol. The number of rotatable bonds is 3. The summed E-state index contributed by atoms with van der Waals surface area (Å²) in [7, 11) is 0. The third-order valence-electron chi connectivity index (χ3n) is 3.30. The molecule has 0 saturated heterocycles. The highest BCUT2D eigenvalue weighted by molar-refractivity contribution is 5.95. The molecule has 3 aromatic rings. The normalized spacial score (nSPS) is 10.8. The van der Waals surface area contributed by atoms with Crippen molar-refractivity contribution in [3.8, 4) is 11.3 Å². The number of benzene rings is 2. The summed E-state index contributed by atoms with van der Waals surface area (Å²) >= 11 is 0. The van der Waals surface area contributed by atoms with Crippen molar-refractivity contribution >= 4 is 16.7 Å². The van der Waals surface area contributed by atoms with Crippen LogP contribution in [0.2, 0.25) is 0 Å². The Morgan fingerprint density at radius 1 is 1.00 bits per heavy atom. The van der Waals surface area contributed by atoms with Gasteiger partial charge in [0.25, 0.3) is 0 Å². The minimum absolute atomic E-state index is 0.182. The van der Waals surface area contributed by atoms with Gasteiger partial charge < -0.3 is 4.98 Å². The molecule has 0 atom stereocenters. The first kappa shape index (κ1) is 11.7. The molecule has 0 saturated carbocycles. The first-order valence-electron chi connectivity index (χ1n) is 6.40. The zero-order valence-corrected chi connectivity index (χ0v) is 10.8. The van der Waals surface area contributed by atoms with E-state index >= 15 is 0 Å². The second-order valence-electron chi connectivity index (χ2n) is 4.77. The largest absolute Gasteiger partial charge is 0.354 e. The third kappa shape index (κ3) is 2.17. The zero-order valence-electron chi connectivity index (χ0n) is 10.8. The van der Waals surface area contributed by atoms with Gasteiger partial charge in [-0.3, -0.25) is 4.79 Å². The van der Waals surface area contributed by atoms with Gasteiger partial charge in [0.2, 0.25) is 0 Å². The molecular formula is C17H15NO. The van der Waals surface area contributed by atoms with Crippen LogP contribution in [-0.2, 0) is 11.2 Å². The summed E-state index contributed by atoms with van der Waals surface area (Å²) < 4.78 is 0. The quantitative estimate of drug-likeness (QED) is 0.748. The number of carbonyl (C=O) groups excluding carboxylic acids is 1. The number of fused-ring (bicyclic) bond motifs is 1. The first-order chi connectivity index (χ1) is 9.25. The van der Waals surface area contributed by atoms with Crippen molar-refractivity contribution in [2.24, 2.45) is 0 Å². The minimum atomic E-state index is 0.182. The van der Waals surface area contributed by atoms with Crippen LogP contribution < -0.4 is 0 Å². The predicted molar refractivity (Wildman–Crippen MR) is 78.1 cm³/mol. The van der Waals surface area contributed by atoms with Gasteiger partial charge in [-0.1, -0.05) is 48.5 Å². The molecule has 2 nitrogen and oxygen atoms in total. The van der Waals surface area contributed by atoms with E-state index in [0.717, 1.165) is 27.7 Å². The highest BCUT2D eigenvalue weighted by Crippen LogP contribution is 2.30. The summed E-state index contributed by atoms with van der Waals surface area (Å²) in [5, 5.41) is 1.14. The molecule has 0 radical (unpaired) electrons. The number of ketones is 1. The lowest BCUT2D eigenvalue weighted by molar-refractivity contribution is -0.116. The summed E-state index contributed by atoms with van der Waals surface area (Å²) in [6.45, 7) is 1.64. The summed E-state index contributed by atoms with van der Waals surface area (Å²) in [4.78, 5) is 15.0. The van der Waals surface area contributed by atoms with Crippen LogP contribution in [0.5, 0.6) is 0 Å². The number of hydrogen-bond donors (Lipinski definition) is 1. The summed E-state index contributed by atoms with van der Waals surface area (Å²) in [6.07, 6.45) is 0.467. The molecule has 3 rings (SSSR count). The van der Waals surface area contributed by atoms with E-state index in [-0.39, 0.29) is 5.78 Å². The van der Waals surface area contributed by atoms with Gasteiger partial charge in [0.15, 0.2) is 0 Å². The second-order valence-corrected chi connectivity index (χ2v) is 4.77. The van der Waals surface area contributed by atoms with Crippen molar-refractivity contribution in [2.75, 3.05) is 0 Å². The smallest absolute Gasteiger partial charge is 0.134 e. The fraction of sp³-hybridized carbons (Fsp3) is 0.118. The van der Waals surface area contributed by atoms with Crippen LogP contribution in [0.25, 0.3) is 22.2 Å². The number of H-pyrrole nitrogens is 1. The van der Waals surface area contributed by atoms with Crippen molar-refractivity contribution in [2.45, 2.75) is 13.3 Å². The second kappa shape index (κ2) is 4.73.